The third-order valence-electron chi connectivity index (χ3n) is 6.23. The highest BCUT2D eigenvalue weighted by Crippen LogP contribution is 2.34. The van der Waals surface area contributed by atoms with Crippen molar-refractivity contribution in [2.45, 2.75) is 12.3 Å². The molecule has 2 aliphatic heterocycles. The van der Waals surface area contributed by atoms with Gasteiger partial charge in [0.1, 0.15) is 25.6 Å². The van der Waals surface area contributed by atoms with Crippen LogP contribution in [0.25, 0.3) is 16.9 Å². The third-order valence-corrected chi connectivity index (χ3v) is 6.23. The van der Waals surface area contributed by atoms with Crippen molar-refractivity contribution in [3.8, 4) is 28.5 Å². The van der Waals surface area contributed by atoms with E-state index >= 15 is 0 Å². The molecule has 2 aromatic carbocycles. The molecule has 2 aromatic heterocycles. The molecule has 4 aromatic rings. The lowest BCUT2D eigenvalue weighted by Gasteiger charge is -2.19. The van der Waals surface area contributed by atoms with Gasteiger partial charge in [0.05, 0.1) is 12.2 Å². The van der Waals surface area contributed by atoms with E-state index in [0.717, 1.165) is 28.4 Å². The number of fused-ring (bicyclic) bond motifs is 2. The highest BCUT2D eigenvalue weighted by atomic mass is 19.3. The van der Waals surface area contributed by atoms with Gasteiger partial charge in [0.15, 0.2) is 17.1 Å². The molecule has 0 atom stereocenters. The molecule has 0 amide bonds. The van der Waals surface area contributed by atoms with Crippen molar-refractivity contribution in [2.24, 2.45) is 0 Å². The largest absolute Gasteiger partial charge is 0.492 e. The van der Waals surface area contributed by atoms with Gasteiger partial charge in [0.2, 0.25) is 5.95 Å². The van der Waals surface area contributed by atoms with Gasteiger partial charge in [-0.25, -0.2) is 13.3 Å². The zero-order chi connectivity index (χ0) is 24.5. The van der Waals surface area contributed by atoms with Gasteiger partial charge < -0.3 is 19.5 Å². The molecule has 0 bridgehead atoms. The van der Waals surface area contributed by atoms with Gasteiger partial charge in [-0.15, -0.1) is 5.10 Å². The lowest BCUT2D eigenvalue weighted by atomic mass is 10.1. The summed E-state index contributed by atoms with van der Waals surface area (Å²) in [6, 6.07) is 19.0. The van der Waals surface area contributed by atoms with Crippen LogP contribution in [-0.4, -0.2) is 64.9 Å². The van der Waals surface area contributed by atoms with Gasteiger partial charge >= 0.3 is 0 Å². The lowest BCUT2D eigenvalue weighted by Crippen LogP contribution is -2.29. The molecule has 0 unspecified atom stereocenters. The molecule has 36 heavy (non-hydrogen) atoms. The number of benzene rings is 2. The van der Waals surface area contributed by atoms with Crippen LogP contribution in [0.5, 0.6) is 17.2 Å². The maximum atomic E-state index is 13.3. The van der Waals surface area contributed by atoms with Crippen LogP contribution in [0.4, 0.5) is 20.4 Å². The minimum atomic E-state index is -2.58. The molecule has 4 heterocycles. The fourth-order valence-electron chi connectivity index (χ4n) is 4.43. The second-order valence-electron chi connectivity index (χ2n) is 8.85. The Balaban J connectivity index is 1.12. The van der Waals surface area contributed by atoms with Gasteiger partial charge in [-0.05, 0) is 54.6 Å². The van der Waals surface area contributed by atoms with E-state index in [2.05, 4.69) is 15.4 Å². The Morgan fingerprint density at radius 2 is 1.83 bits per heavy atom. The van der Waals surface area contributed by atoms with Crippen molar-refractivity contribution < 1.29 is 23.0 Å². The number of pyridine rings is 1. The number of nitrogens with one attached hydrogen (secondary N) is 1. The first-order valence-electron chi connectivity index (χ1n) is 11.9. The zero-order valence-corrected chi connectivity index (χ0v) is 19.5. The number of anilines is 2. The SMILES string of the molecule is FC1(F)CCN(CCOc2ccc(Nc3nc4cccc(-c5ccc6c(c5)OCCO6)n4n3)cc2)C1. The summed E-state index contributed by atoms with van der Waals surface area (Å²) in [5.74, 6) is 0.0150. The number of aromatic nitrogens is 3. The van der Waals surface area contributed by atoms with Crippen molar-refractivity contribution in [2.75, 3.05) is 44.8 Å². The molecule has 1 fully saturated rings. The van der Waals surface area contributed by atoms with E-state index in [4.69, 9.17) is 14.2 Å². The van der Waals surface area contributed by atoms with Crippen molar-refractivity contribution >= 4 is 17.3 Å². The van der Waals surface area contributed by atoms with Crippen molar-refractivity contribution in [1.82, 2.24) is 19.5 Å². The van der Waals surface area contributed by atoms with E-state index in [9.17, 15) is 8.78 Å². The van der Waals surface area contributed by atoms with E-state index in [1.165, 1.54) is 0 Å². The number of alkyl halides is 2. The molecule has 1 saturated heterocycles. The molecule has 0 spiro atoms. The second kappa shape index (κ2) is 9.27. The molecule has 2 aliphatic rings. The minimum Gasteiger partial charge on any atom is -0.492 e. The predicted molar refractivity (Wildman–Crippen MR) is 131 cm³/mol. The smallest absolute Gasteiger partial charge is 0.261 e. The van der Waals surface area contributed by atoms with Crippen LogP contribution < -0.4 is 19.5 Å². The van der Waals surface area contributed by atoms with Crippen LogP contribution in [0, 0.1) is 0 Å². The molecule has 0 saturated carbocycles. The van der Waals surface area contributed by atoms with Crippen LogP contribution in [0.3, 0.4) is 0 Å². The van der Waals surface area contributed by atoms with Crippen molar-refractivity contribution in [3.05, 3.63) is 60.7 Å². The third kappa shape index (κ3) is 4.76. The van der Waals surface area contributed by atoms with Gasteiger partial charge in [-0.3, -0.25) is 4.90 Å². The van der Waals surface area contributed by atoms with E-state index in [-0.39, 0.29) is 13.0 Å². The number of ether oxygens (including phenoxy) is 3. The summed E-state index contributed by atoms with van der Waals surface area (Å²) in [7, 11) is 0. The number of likely N-dealkylation sites (tertiary alicyclic amines) is 1. The number of halogens is 2. The summed E-state index contributed by atoms with van der Waals surface area (Å²) in [6.45, 7) is 2.13. The molecule has 6 rings (SSSR count). The Kier molecular flexibility index (Phi) is 5.80. The maximum absolute atomic E-state index is 13.3. The average molecular weight is 494 g/mol. The number of hydrogen-bond acceptors (Lipinski definition) is 7. The first kappa shape index (κ1) is 22.5. The van der Waals surface area contributed by atoms with E-state index in [0.29, 0.717) is 50.3 Å². The zero-order valence-electron chi connectivity index (χ0n) is 19.5. The fraction of sp³-hybridized carbons (Fsp3) is 0.308. The van der Waals surface area contributed by atoms with Crippen molar-refractivity contribution in [3.63, 3.8) is 0 Å². The van der Waals surface area contributed by atoms with E-state index < -0.39 is 5.92 Å². The molecular weight excluding hydrogens is 468 g/mol. The van der Waals surface area contributed by atoms with Crippen molar-refractivity contribution in [1.29, 1.82) is 0 Å². The summed E-state index contributed by atoms with van der Waals surface area (Å²) < 4.78 is 45.4. The molecule has 0 radical (unpaired) electrons. The van der Waals surface area contributed by atoms with E-state index in [1.54, 1.807) is 9.42 Å². The molecule has 0 aliphatic carbocycles. The van der Waals surface area contributed by atoms with Crippen LogP contribution in [0.1, 0.15) is 6.42 Å². The van der Waals surface area contributed by atoms with Gasteiger partial charge in [0.25, 0.3) is 5.92 Å². The minimum absolute atomic E-state index is 0.0807. The highest BCUT2D eigenvalue weighted by molar-refractivity contribution is 5.68. The van der Waals surface area contributed by atoms with Gasteiger partial charge in [-0.2, -0.15) is 4.98 Å². The Bertz CT molecular complexity index is 1380. The number of rotatable bonds is 7. The Morgan fingerprint density at radius 3 is 2.64 bits per heavy atom. The number of nitrogens with zero attached hydrogens (tertiary/aromatic N) is 4. The summed E-state index contributed by atoms with van der Waals surface area (Å²) >= 11 is 0. The maximum Gasteiger partial charge on any atom is 0.261 e. The average Bonchev–Trinajstić information content (AvgIpc) is 3.46. The lowest BCUT2D eigenvalue weighted by molar-refractivity contribution is 0.0113. The van der Waals surface area contributed by atoms with Gasteiger partial charge in [-0.1, -0.05) is 6.07 Å². The molecule has 8 nitrogen and oxygen atoms in total. The molecule has 186 valence electrons. The quantitative estimate of drug-likeness (QED) is 0.402. The first-order chi connectivity index (χ1) is 17.5. The number of hydrogen-bond donors (Lipinski definition) is 1. The monoisotopic (exact) mass is 493 g/mol. The van der Waals surface area contributed by atoms with E-state index in [1.807, 2.05) is 60.7 Å². The molecule has 1 N–H and O–H groups in total. The standard InChI is InChI=1S/C26H25F2N5O3/c27-26(28)10-11-32(17-26)12-13-34-20-7-5-19(6-8-20)29-25-30-24-3-1-2-21(33(24)31-25)18-4-9-22-23(16-18)36-15-14-35-22/h1-9,16H,10-15,17H2,(H,29,31). The topological polar surface area (TPSA) is 73.2 Å². The molecular formula is C26H25F2N5O3. The first-order valence-corrected chi connectivity index (χ1v) is 11.9. The van der Waals surface area contributed by atoms with Gasteiger partial charge in [0, 0.05) is 30.8 Å². The normalized spacial score (nSPS) is 16.8. The summed E-state index contributed by atoms with van der Waals surface area (Å²) in [4.78, 5) is 6.32. The highest BCUT2D eigenvalue weighted by Gasteiger charge is 2.37. The predicted octanol–water partition coefficient (Wildman–Crippen LogP) is 4.63. The Hall–Kier alpha value is -3.92. The summed E-state index contributed by atoms with van der Waals surface area (Å²) in [6.07, 6.45) is -0.0807. The Labute approximate surface area is 206 Å². The second-order valence-corrected chi connectivity index (χ2v) is 8.85. The summed E-state index contributed by atoms with van der Waals surface area (Å²) in [5, 5.41) is 7.87. The fourth-order valence-corrected chi connectivity index (χ4v) is 4.43. The Morgan fingerprint density at radius 1 is 1.00 bits per heavy atom. The van der Waals surface area contributed by atoms with Crippen LogP contribution in [0.2, 0.25) is 0 Å². The molecule has 10 heteroatoms. The van der Waals surface area contributed by atoms with Crippen LogP contribution >= 0.6 is 0 Å². The van der Waals surface area contributed by atoms with Crippen LogP contribution in [0.15, 0.2) is 60.7 Å². The van der Waals surface area contributed by atoms with Crippen LogP contribution in [-0.2, 0) is 0 Å². The summed E-state index contributed by atoms with van der Waals surface area (Å²) in [5.41, 5.74) is 3.33.